The highest BCUT2D eigenvalue weighted by molar-refractivity contribution is 5.89. The normalized spacial score (nSPS) is 11.4. The van der Waals surface area contributed by atoms with Gasteiger partial charge in [0.25, 0.3) is 0 Å². The number of carbonyl (C=O) groups excluding carboxylic acids is 2. The van der Waals surface area contributed by atoms with Gasteiger partial charge >= 0.3 is 11.9 Å². The van der Waals surface area contributed by atoms with Crippen LogP contribution >= 0.6 is 0 Å². The summed E-state index contributed by atoms with van der Waals surface area (Å²) in [4.78, 5) is 35.2. The fourth-order valence-electron chi connectivity index (χ4n) is 3.14. The SMILES string of the molecule is CCOC(=O)/C(=C/CCOCCc1ncc(-c2cc3ccccc3nc2OC)[nH]1)OC(C)=O. The molecule has 0 aliphatic carbocycles. The Morgan fingerprint density at radius 2 is 2.00 bits per heavy atom. The van der Waals surface area contributed by atoms with Gasteiger partial charge in [0.2, 0.25) is 11.6 Å². The zero-order valence-corrected chi connectivity index (χ0v) is 18.9. The largest absolute Gasteiger partial charge is 0.480 e. The van der Waals surface area contributed by atoms with E-state index in [1.165, 1.54) is 13.0 Å². The number of benzene rings is 1. The van der Waals surface area contributed by atoms with Crippen molar-refractivity contribution in [3.63, 3.8) is 0 Å². The zero-order chi connectivity index (χ0) is 23.6. The number of ether oxygens (including phenoxy) is 4. The molecule has 0 fully saturated rings. The summed E-state index contributed by atoms with van der Waals surface area (Å²) >= 11 is 0. The van der Waals surface area contributed by atoms with Crippen molar-refractivity contribution in [2.75, 3.05) is 26.9 Å². The Morgan fingerprint density at radius 3 is 2.76 bits per heavy atom. The molecule has 0 spiro atoms. The Labute approximate surface area is 191 Å². The Hall–Kier alpha value is -3.72. The van der Waals surface area contributed by atoms with Gasteiger partial charge in [0.05, 0.1) is 49.9 Å². The van der Waals surface area contributed by atoms with Crippen LogP contribution in [0.4, 0.5) is 0 Å². The maximum Gasteiger partial charge on any atom is 0.374 e. The number of nitrogens with one attached hydrogen (secondary N) is 1. The predicted octanol–water partition coefficient (Wildman–Crippen LogP) is 3.59. The molecule has 0 unspecified atom stereocenters. The third-order valence-electron chi connectivity index (χ3n) is 4.61. The number of aromatic nitrogens is 3. The van der Waals surface area contributed by atoms with Gasteiger partial charge in [-0.2, -0.15) is 0 Å². The number of pyridine rings is 1. The van der Waals surface area contributed by atoms with E-state index >= 15 is 0 Å². The van der Waals surface area contributed by atoms with E-state index in [1.54, 1.807) is 20.2 Å². The van der Waals surface area contributed by atoms with Crippen LogP contribution in [0.3, 0.4) is 0 Å². The fraction of sp³-hybridized carbons (Fsp3) is 0.333. The summed E-state index contributed by atoms with van der Waals surface area (Å²) in [5.74, 6) is -0.0851. The molecule has 0 atom stereocenters. The number of H-pyrrole nitrogens is 1. The van der Waals surface area contributed by atoms with E-state index in [1.807, 2.05) is 30.3 Å². The molecule has 0 bridgehead atoms. The van der Waals surface area contributed by atoms with Gasteiger partial charge in [-0.25, -0.2) is 14.8 Å². The van der Waals surface area contributed by atoms with Crippen molar-refractivity contribution < 1.29 is 28.5 Å². The second-order valence-corrected chi connectivity index (χ2v) is 7.02. The first kappa shape index (κ1) is 23.9. The van der Waals surface area contributed by atoms with E-state index in [9.17, 15) is 9.59 Å². The number of methoxy groups -OCH3 is 1. The van der Waals surface area contributed by atoms with Gasteiger partial charge in [0.15, 0.2) is 0 Å². The van der Waals surface area contributed by atoms with Crippen molar-refractivity contribution in [3.8, 4) is 17.1 Å². The Kier molecular flexibility index (Phi) is 8.54. The lowest BCUT2D eigenvalue weighted by molar-refractivity contribution is -0.150. The standard InChI is InChI=1S/C24H27N3O6/c1-4-32-24(29)21(33-16(2)28)10-7-12-31-13-11-22-25-15-20(26-22)18-14-17-8-5-6-9-19(17)27-23(18)30-3/h5-6,8-10,14-15H,4,7,11-13H2,1-3H3,(H,25,26)/b21-10-. The zero-order valence-electron chi connectivity index (χ0n) is 18.9. The summed E-state index contributed by atoms with van der Waals surface area (Å²) < 4.78 is 20.8. The number of esters is 2. The van der Waals surface area contributed by atoms with Crippen LogP contribution in [0.5, 0.6) is 5.88 Å². The second-order valence-electron chi connectivity index (χ2n) is 7.02. The molecule has 2 aromatic heterocycles. The molecular formula is C24H27N3O6. The Morgan fingerprint density at radius 1 is 1.18 bits per heavy atom. The topological polar surface area (TPSA) is 113 Å². The van der Waals surface area contributed by atoms with Crippen LogP contribution in [0.25, 0.3) is 22.2 Å². The highest BCUT2D eigenvalue weighted by atomic mass is 16.6. The van der Waals surface area contributed by atoms with Crippen LogP contribution in [-0.4, -0.2) is 53.8 Å². The number of rotatable bonds is 11. The number of fused-ring (bicyclic) bond motifs is 1. The smallest absolute Gasteiger partial charge is 0.374 e. The summed E-state index contributed by atoms with van der Waals surface area (Å²) in [5.41, 5.74) is 2.50. The lowest BCUT2D eigenvalue weighted by Crippen LogP contribution is -2.13. The Bertz CT molecular complexity index is 1140. The average Bonchev–Trinajstić information content (AvgIpc) is 3.28. The molecule has 1 aromatic carbocycles. The molecule has 9 heteroatoms. The number of carbonyl (C=O) groups is 2. The Balaban J connectivity index is 1.54. The highest BCUT2D eigenvalue weighted by Gasteiger charge is 2.14. The first-order chi connectivity index (χ1) is 16.0. The fourth-order valence-corrected chi connectivity index (χ4v) is 3.14. The van der Waals surface area contributed by atoms with Gasteiger partial charge < -0.3 is 23.9 Å². The summed E-state index contributed by atoms with van der Waals surface area (Å²) in [6, 6.07) is 9.86. The number of hydrogen-bond acceptors (Lipinski definition) is 8. The molecule has 174 valence electrons. The molecule has 3 rings (SSSR count). The van der Waals surface area contributed by atoms with E-state index in [-0.39, 0.29) is 12.4 Å². The van der Waals surface area contributed by atoms with Gasteiger partial charge in [-0.1, -0.05) is 18.2 Å². The molecule has 0 aliphatic rings. The molecule has 0 saturated carbocycles. The lowest BCUT2D eigenvalue weighted by Gasteiger charge is -2.08. The van der Waals surface area contributed by atoms with Crippen molar-refractivity contribution >= 4 is 22.8 Å². The molecule has 1 N–H and O–H groups in total. The van der Waals surface area contributed by atoms with Crippen LogP contribution in [0.1, 0.15) is 26.1 Å². The van der Waals surface area contributed by atoms with E-state index in [0.29, 0.717) is 31.9 Å². The van der Waals surface area contributed by atoms with Gasteiger partial charge in [0.1, 0.15) is 5.82 Å². The molecule has 0 amide bonds. The molecule has 9 nitrogen and oxygen atoms in total. The van der Waals surface area contributed by atoms with E-state index in [0.717, 1.165) is 28.0 Å². The van der Waals surface area contributed by atoms with Crippen molar-refractivity contribution in [2.24, 2.45) is 0 Å². The monoisotopic (exact) mass is 453 g/mol. The number of aromatic amines is 1. The van der Waals surface area contributed by atoms with Crippen LogP contribution in [-0.2, 0) is 30.2 Å². The highest BCUT2D eigenvalue weighted by Crippen LogP contribution is 2.30. The third kappa shape index (κ3) is 6.63. The predicted molar refractivity (Wildman–Crippen MR) is 121 cm³/mol. The maximum absolute atomic E-state index is 11.8. The van der Waals surface area contributed by atoms with Gasteiger partial charge in [-0.05, 0) is 31.6 Å². The van der Waals surface area contributed by atoms with E-state index in [2.05, 4.69) is 15.0 Å². The first-order valence-electron chi connectivity index (χ1n) is 10.6. The molecule has 0 saturated heterocycles. The van der Waals surface area contributed by atoms with Gasteiger partial charge in [-0.3, -0.25) is 4.79 Å². The minimum Gasteiger partial charge on any atom is -0.480 e. The minimum atomic E-state index is -0.672. The number of para-hydroxylation sites is 1. The van der Waals surface area contributed by atoms with Gasteiger partial charge in [-0.15, -0.1) is 0 Å². The summed E-state index contributed by atoms with van der Waals surface area (Å²) in [6.07, 6.45) is 4.20. The molecule has 3 aromatic rings. The third-order valence-corrected chi connectivity index (χ3v) is 4.61. The molecule has 0 radical (unpaired) electrons. The molecule has 33 heavy (non-hydrogen) atoms. The quantitative estimate of drug-likeness (QED) is 0.203. The summed E-state index contributed by atoms with van der Waals surface area (Å²) in [7, 11) is 1.59. The summed E-state index contributed by atoms with van der Waals surface area (Å²) in [6.45, 7) is 3.88. The second kappa shape index (κ2) is 11.8. The van der Waals surface area contributed by atoms with Crippen LogP contribution in [0.2, 0.25) is 0 Å². The maximum atomic E-state index is 11.8. The van der Waals surface area contributed by atoms with Crippen molar-refractivity contribution in [1.29, 1.82) is 0 Å². The molecular weight excluding hydrogens is 426 g/mol. The van der Waals surface area contributed by atoms with Crippen molar-refractivity contribution in [2.45, 2.75) is 26.7 Å². The lowest BCUT2D eigenvalue weighted by atomic mass is 10.1. The number of hydrogen-bond donors (Lipinski definition) is 1. The van der Waals surface area contributed by atoms with Crippen LogP contribution in [0.15, 0.2) is 48.4 Å². The van der Waals surface area contributed by atoms with Crippen LogP contribution in [0, 0.1) is 0 Å². The van der Waals surface area contributed by atoms with Gasteiger partial charge in [0, 0.05) is 18.7 Å². The van der Waals surface area contributed by atoms with E-state index < -0.39 is 11.9 Å². The summed E-state index contributed by atoms with van der Waals surface area (Å²) in [5, 5.41) is 1.01. The van der Waals surface area contributed by atoms with E-state index in [4.69, 9.17) is 18.9 Å². The van der Waals surface area contributed by atoms with Crippen molar-refractivity contribution in [1.82, 2.24) is 15.0 Å². The first-order valence-corrected chi connectivity index (χ1v) is 10.6. The molecule has 2 heterocycles. The molecule has 0 aliphatic heterocycles. The number of nitrogens with zero attached hydrogens (tertiary/aromatic N) is 2. The average molecular weight is 453 g/mol. The van der Waals surface area contributed by atoms with Crippen LogP contribution < -0.4 is 4.74 Å². The minimum absolute atomic E-state index is 0.124. The van der Waals surface area contributed by atoms with Crippen molar-refractivity contribution in [3.05, 3.63) is 54.2 Å². The number of imidazole rings is 1.